The SMILES string of the molecule is O=C1C2C=CC1C1C3C(=O)C(CC3OC3CCCC3)C21. The first kappa shape index (κ1) is 11.7. The van der Waals surface area contributed by atoms with Gasteiger partial charge in [-0.3, -0.25) is 9.59 Å². The molecule has 0 aromatic carbocycles. The summed E-state index contributed by atoms with van der Waals surface area (Å²) in [6.45, 7) is 0. The van der Waals surface area contributed by atoms with E-state index in [-0.39, 0.29) is 35.7 Å². The van der Waals surface area contributed by atoms with Gasteiger partial charge in [0, 0.05) is 23.7 Å². The fourth-order valence-electron chi connectivity index (χ4n) is 5.89. The topological polar surface area (TPSA) is 43.4 Å². The molecule has 0 radical (unpaired) electrons. The summed E-state index contributed by atoms with van der Waals surface area (Å²) in [5, 5.41) is 0. The van der Waals surface area contributed by atoms with Crippen molar-refractivity contribution < 1.29 is 14.3 Å². The number of carbonyl (C=O) groups excluding carboxylic acids is 2. The molecule has 0 spiro atoms. The Bertz CT molecular complexity index is 516. The van der Waals surface area contributed by atoms with E-state index in [1.807, 2.05) is 0 Å². The van der Waals surface area contributed by atoms with E-state index in [1.54, 1.807) is 0 Å². The Morgan fingerprint density at radius 2 is 1.65 bits per heavy atom. The zero-order valence-corrected chi connectivity index (χ0v) is 11.5. The van der Waals surface area contributed by atoms with E-state index in [2.05, 4.69) is 12.2 Å². The standard InChI is InChI=1S/C17H20O3/c18-16-9-5-6-10(16)14-13(9)11-7-12(15(14)17(11)19)20-8-3-1-2-4-8/h5-6,8-15H,1-4,7H2. The van der Waals surface area contributed by atoms with Crippen LogP contribution in [0, 0.1) is 35.5 Å². The molecule has 3 nitrogen and oxygen atoms in total. The lowest BCUT2D eigenvalue weighted by Crippen LogP contribution is -2.37. The number of hydrogen-bond donors (Lipinski definition) is 0. The molecule has 7 unspecified atom stereocenters. The summed E-state index contributed by atoms with van der Waals surface area (Å²) in [7, 11) is 0. The molecule has 4 saturated carbocycles. The smallest absolute Gasteiger partial charge is 0.147 e. The highest BCUT2D eigenvalue weighted by atomic mass is 16.5. The Balaban J connectivity index is 1.43. The van der Waals surface area contributed by atoms with Crippen molar-refractivity contribution in [2.75, 3.05) is 0 Å². The first-order valence-corrected chi connectivity index (χ1v) is 8.17. The molecule has 106 valence electrons. The molecule has 0 aromatic heterocycles. The molecule has 0 amide bonds. The average Bonchev–Trinajstić information content (AvgIpc) is 3.21. The second-order valence-corrected chi connectivity index (χ2v) is 7.34. The molecule has 0 aromatic rings. The van der Waals surface area contributed by atoms with Gasteiger partial charge in [0.1, 0.15) is 11.6 Å². The van der Waals surface area contributed by atoms with E-state index in [0.29, 0.717) is 23.6 Å². The van der Waals surface area contributed by atoms with Crippen LogP contribution in [0.4, 0.5) is 0 Å². The maximum Gasteiger partial charge on any atom is 0.147 e. The lowest BCUT2D eigenvalue weighted by molar-refractivity contribution is -0.126. The second-order valence-electron chi connectivity index (χ2n) is 7.34. The van der Waals surface area contributed by atoms with Crippen LogP contribution < -0.4 is 0 Å². The van der Waals surface area contributed by atoms with Crippen LogP contribution >= 0.6 is 0 Å². The predicted octanol–water partition coefficient (Wildman–Crippen LogP) is 2.15. The van der Waals surface area contributed by atoms with Gasteiger partial charge < -0.3 is 4.74 Å². The molecule has 20 heavy (non-hydrogen) atoms. The summed E-state index contributed by atoms with van der Waals surface area (Å²) in [4.78, 5) is 24.8. The summed E-state index contributed by atoms with van der Waals surface area (Å²) < 4.78 is 6.27. The van der Waals surface area contributed by atoms with Crippen molar-refractivity contribution in [1.82, 2.24) is 0 Å². The molecule has 5 aliphatic carbocycles. The Morgan fingerprint density at radius 3 is 2.40 bits per heavy atom. The van der Waals surface area contributed by atoms with Crippen LogP contribution in [0.1, 0.15) is 32.1 Å². The van der Waals surface area contributed by atoms with Crippen molar-refractivity contribution >= 4 is 11.6 Å². The summed E-state index contributed by atoms with van der Waals surface area (Å²) in [6.07, 6.45) is 10.3. The van der Waals surface area contributed by atoms with Crippen LogP contribution in [0.5, 0.6) is 0 Å². The van der Waals surface area contributed by atoms with Crippen LogP contribution in [-0.4, -0.2) is 23.8 Å². The van der Waals surface area contributed by atoms with Gasteiger partial charge in [-0.2, -0.15) is 0 Å². The van der Waals surface area contributed by atoms with E-state index in [0.717, 1.165) is 19.3 Å². The van der Waals surface area contributed by atoms with Crippen LogP contribution in [0.2, 0.25) is 0 Å². The molecule has 7 atom stereocenters. The summed E-state index contributed by atoms with van der Waals surface area (Å²) in [5.41, 5.74) is 0. The summed E-state index contributed by atoms with van der Waals surface area (Å²) >= 11 is 0. The van der Waals surface area contributed by atoms with E-state index in [9.17, 15) is 9.59 Å². The van der Waals surface area contributed by atoms with Crippen molar-refractivity contribution in [3.05, 3.63) is 12.2 Å². The number of ether oxygens (including phenoxy) is 1. The molecule has 0 heterocycles. The fourth-order valence-corrected chi connectivity index (χ4v) is 5.89. The normalized spacial score (nSPS) is 52.5. The number of allylic oxidation sites excluding steroid dienone is 2. The monoisotopic (exact) mass is 272 g/mol. The van der Waals surface area contributed by atoms with Gasteiger partial charge >= 0.3 is 0 Å². The number of carbonyl (C=O) groups is 2. The second kappa shape index (κ2) is 3.82. The largest absolute Gasteiger partial charge is 0.374 e. The Labute approximate surface area is 118 Å². The van der Waals surface area contributed by atoms with Gasteiger partial charge in [-0.15, -0.1) is 0 Å². The minimum atomic E-state index is 0.0227. The number of fused-ring (bicyclic) bond motifs is 9. The highest BCUT2D eigenvalue weighted by molar-refractivity contribution is 5.99. The van der Waals surface area contributed by atoms with Crippen LogP contribution in [0.25, 0.3) is 0 Å². The first-order chi connectivity index (χ1) is 9.75. The van der Waals surface area contributed by atoms with Crippen molar-refractivity contribution in [2.24, 2.45) is 35.5 Å². The minimum Gasteiger partial charge on any atom is -0.374 e. The zero-order chi connectivity index (χ0) is 13.4. The number of ketones is 2. The summed E-state index contributed by atoms with van der Waals surface area (Å²) in [6, 6.07) is 0. The number of rotatable bonds is 2. The van der Waals surface area contributed by atoms with E-state index in [1.165, 1.54) is 12.8 Å². The highest BCUT2D eigenvalue weighted by Gasteiger charge is 2.68. The minimum absolute atomic E-state index is 0.0227. The molecule has 3 heteroatoms. The lowest BCUT2D eigenvalue weighted by Gasteiger charge is -2.35. The fraction of sp³-hybridized carbons (Fsp3) is 0.765. The molecule has 0 aliphatic heterocycles. The zero-order valence-electron chi connectivity index (χ0n) is 11.5. The molecule has 0 saturated heterocycles. The molecular weight excluding hydrogens is 252 g/mol. The van der Waals surface area contributed by atoms with Crippen molar-refractivity contribution in [2.45, 2.75) is 44.3 Å². The first-order valence-electron chi connectivity index (χ1n) is 8.17. The third-order valence-corrected chi connectivity index (χ3v) is 6.59. The number of hydrogen-bond acceptors (Lipinski definition) is 3. The highest BCUT2D eigenvalue weighted by Crippen LogP contribution is 2.63. The summed E-state index contributed by atoms with van der Waals surface area (Å²) in [5.74, 6) is 1.59. The van der Waals surface area contributed by atoms with Crippen LogP contribution in [0.15, 0.2) is 12.2 Å². The molecular formula is C17H20O3. The van der Waals surface area contributed by atoms with Crippen molar-refractivity contribution in [3.63, 3.8) is 0 Å². The van der Waals surface area contributed by atoms with Gasteiger partial charge in [-0.25, -0.2) is 0 Å². The Morgan fingerprint density at radius 1 is 0.950 bits per heavy atom. The molecule has 4 fully saturated rings. The predicted molar refractivity (Wildman–Crippen MR) is 71.8 cm³/mol. The quantitative estimate of drug-likeness (QED) is 0.571. The van der Waals surface area contributed by atoms with Crippen LogP contribution in [-0.2, 0) is 14.3 Å². The van der Waals surface area contributed by atoms with E-state index in [4.69, 9.17) is 4.74 Å². The van der Waals surface area contributed by atoms with Gasteiger partial charge in [-0.1, -0.05) is 25.0 Å². The maximum absolute atomic E-state index is 12.6. The average molecular weight is 272 g/mol. The van der Waals surface area contributed by atoms with Gasteiger partial charge in [0.25, 0.3) is 0 Å². The molecule has 4 bridgehead atoms. The van der Waals surface area contributed by atoms with Crippen LogP contribution in [0.3, 0.4) is 0 Å². The van der Waals surface area contributed by atoms with E-state index >= 15 is 0 Å². The van der Waals surface area contributed by atoms with Gasteiger partial charge in [0.05, 0.1) is 12.2 Å². The van der Waals surface area contributed by atoms with Gasteiger partial charge in [0.15, 0.2) is 0 Å². The van der Waals surface area contributed by atoms with E-state index < -0.39 is 0 Å². The van der Waals surface area contributed by atoms with Gasteiger partial charge in [0.2, 0.25) is 0 Å². The van der Waals surface area contributed by atoms with Crippen molar-refractivity contribution in [3.8, 4) is 0 Å². The third kappa shape index (κ3) is 1.26. The number of Topliss-reactive ketones (excluding diaryl/α,β-unsaturated/α-hetero) is 2. The maximum atomic E-state index is 12.6. The lowest BCUT2D eigenvalue weighted by atomic mass is 9.72. The molecule has 0 N–H and O–H groups in total. The van der Waals surface area contributed by atoms with Crippen molar-refractivity contribution in [1.29, 1.82) is 0 Å². The third-order valence-electron chi connectivity index (χ3n) is 6.59. The Kier molecular flexibility index (Phi) is 2.23. The van der Waals surface area contributed by atoms with Gasteiger partial charge in [-0.05, 0) is 31.1 Å². The Hall–Kier alpha value is -0.960. The molecule has 5 aliphatic rings. The molecule has 5 rings (SSSR count).